The van der Waals surface area contributed by atoms with E-state index in [9.17, 15) is 21.6 Å². The monoisotopic (exact) mass is 279 g/mol. The summed E-state index contributed by atoms with van der Waals surface area (Å²) >= 11 is 0. The molecule has 1 saturated heterocycles. The van der Waals surface area contributed by atoms with Crippen molar-refractivity contribution >= 4 is 9.84 Å². The number of sulfone groups is 1. The maximum Gasteiger partial charge on any atom is 0.416 e. The highest BCUT2D eigenvalue weighted by Gasteiger charge is 2.32. The van der Waals surface area contributed by atoms with E-state index >= 15 is 0 Å². The molecule has 1 N–H and O–H groups in total. The van der Waals surface area contributed by atoms with Crippen LogP contribution in [0.25, 0.3) is 0 Å². The first-order chi connectivity index (χ1) is 8.29. The fourth-order valence-corrected chi connectivity index (χ4v) is 3.29. The molecule has 3 nitrogen and oxygen atoms in total. The van der Waals surface area contributed by atoms with Gasteiger partial charge in [-0.15, -0.1) is 0 Å². The predicted molar refractivity (Wildman–Crippen MR) is 60.7 cm³/mol. The molecule has 0 unspecified atom stereocenters. The van der Waals surface area contributed by atoms with E-state index in [4.69, 9.17) is 0 Å². The lowest BCUT2D eigenvalue weighted by atomic mass is 10.1. The first kappa shape index (κ1) is 13.4. The van der Waals surface area contributed by atoms with Gasteiger partial charge in [-0.2, -0.15) is 13.2 Å². The molecule has 1 fully saturated rings. The van der Waals surface area contributed by atoms with Gasteiger partial charge in [0.2, 0.25) is 0 Å². The molecule has 0 bridgehead atoms. The molecule has 18 heavy (non-hydrogen) atoms. The predicted octanol–water partition coefficient (Wildman–Crippen LogP) is 1.59. The molecule has 1 aromatic rings. The van der Waals surface area contributed by atoms with Crippen LogP contribution in [0.1, 0.15) is 11.1 Å². The largest absolute Gasteiger partial charge is 0.416 e. The summed E-state index contributed by atoms with van der Waals surface area (Å²) in [5, 5.41) is 2.44. The standard InChI is InChI=1S/C11H12F3NO2S/c12-11(13,14)9-3-1-8(2-4-9)7-18(16,17)10-5-15-6-10/h1-4,10,15H,5-7H2. The molecule has 1 aliphatic rings. The van der Waals surface area contributed by atoms with Crippen molar-refractivity contribution in [2.45, 2.75) is 17.2 Å². The van der Waals surface area contributed by atoms with E-state index in [0.717, 1.165) is 12.1 Å². The number of rotatable bonds is 3. The zero-order valence-corrected chi connectivity index (χ0v) is 10.2. The third-order valence-corrected chi connectivity index (χ3v) is 4.99. The fourth-order valence-electron chi connectivity index (χ4n) is 1.66. The van der Waals surface area contributed by atoms with Gasteiger partial charge in [-0.1, -0.05) is 12.1 Å². The van der Waals surface area contributed by atoms with E-state index < -0.39 is 26.8 Å². The van der Waals surface area contributed by atoms with E-state index in [1.54, 1.807) is 0 Å². The number of halogens is 3. The van der Waals surface area contributed by atoms with E-state index in [1.807, 2.05) is 0 Å². The minimum Gasteiger partial charge on any atom is -0.314 e. The summed E-state index contributed by atoms with van der Waals surface area (Å²) in [6, 6.07) is 4.24. The average molecular weight is 279 g/mol. The van der Waals surface area contributed by atoms with Gasteiger partial charge in [0.25, 0.3) is 0 Å². The van der Waals surface area contributed by atoms with Crippen LogP contribution in [-0.2, 0) is 21.8 Å². The maximum atomic E-state index is 12.3. The summed E-state index contributed by atoms with van der Waals surface area (Å²) in [6.45, 7) is 0.839. The summed E-state index contributed by atoms with van der Waals surface area (Å²) < 4.78 is 60.6. The van der Waals surface area contributed by atoms with Crippen molar-refractivity contribution in [1.82, 2.24) is 5.32 Å². The fraction of sp³-hybridized carbons (Fsp3) is 0.455. The van der Waals surface area contributed by atoms with E-state index in [2.05, 4.69) is 5.32 Å². The molecule has 0 aliphatic carbocycles. The number of benzene rings is 1. The Balaban J connectivity index is 2.11. The molecule has 0 spiro atoms. The minimum absolute atomic E-state index is 0.211. The van der Waals surface area contributed by atoms with Gasteiger partial charge in [0.15, 0.2) is 9.84 Å². The molecule has 1 aliphatic heterocycles. The highest BCUT2D eigenvalue weighted by molar-refractivity contribution is 7.91. The smallest absolute Gasteiger partial charge is 0.314 e. The molecule has 1 heterocycles. The number of hydrogen-bond acceptors (Lipinski definition) is 3. The Morgan fingerprint density at radius 2 is 1.72 bits per heavy atom. The van der Waals surface area contributed by atoms with Gasteiger partial charge >= 0.3 is 6.18 Å². The number of alkyl halides is 3. The van der Waals surface area contributed by atoms with E-state index in [0.29, 0.717) is 18.7 Å². The second-order valence-corrected chi connectivity index (χ2v) is 6.56. The summed E-state index contributed by atoms with van der Waals surface area (Å²) in [5.74, 6) is -0.211. The molecule has 100 valence electrons. The summed E-state index contributed by atoms with van der Waals surface area (Å²) in [7, 11) is -3.27. The van der Waals surface area contributed by atoms with Crippen LogP contribution in [0.2, 0.25) is 0 Å². The highest BCUT2D eigenvalue weighted by Crippen LogP contribution is 2.29. The molecular formula is C11H12F3NO2S. The summed E-state index contributed by atoms with van der Waals surface area (Å²) in [5.41, 5.74) is -0.385. The van der Waals surface area contributed by atoms with Crippen LogP contribution in [0.3, 0.4) is 0 Å². The lowest BCUT2D eigenvalue weighted by Gasteiger charge is -2.26. The Hall–Kier alpha value is -1.08. The zero-order chi connectivity index (χ0) is 13.4. The van der Waals surface area contributed by atoms with Crippen molar-refractivity contribution in [2.24, 2.45) is 0 Å². The Labute approximate surface area is 103 Å². The van der Waals surface area contributed by atoms with Crippen LogP contribution in [0.15, 0.2) is 24.3 Å². The normalized spacial score (nSPS) is 17.5. The number of hydrogen-bond donors (Lipinski definition) is 1. The molecule has 1 aromatic carbocycles. The Morgan fingerprint density at radius 3 is 2.11 bits per heavy atom. The van der Waals surface area contributed by atoms with Crippen LogP contribution in [0.4, 0.5) is 13.2 Å². The van der Waals surface area contributed by atoms with Gasteiger partial charge in [0.1, 0.15) is 0 Å². The molecule has 0 aromatic heterocycles. The lowest BCUT2D eigenvalue weighted by molar-refractivity contribution is -0.137. The van der Waals surface area contributed by atoms with Gasteiger partial charge in [-0.3, -0.25) is 0 Å². The molecular weight excluding hydrogens is 267 g/mol. The minimum atomic E-state index is -4.39. The third-order valence-electron chi connectivity index (χ3n) is 2.90. The van der Waals surface area contributed by atoms with Gasteiger partial charge in [-0.05, 0) is 17.7 Å². The van der Waals surface area contributed by atoms with Crippen molar-refractivity contribution in [3.8, 4) is 0 Å². The molecule has 0 amide bonds. The number of nitrogens with one attached hydrogen (secondary N) is 1. The van der Waals surface area contributed by atoms with E-state index in [1.165, 1.54) is 12.1 Å². The quantitative estimate of drug-likeness (QED) is 0.914. The molecule has 0 saturated carbocycles. The molecule has 0 atom stereocenters. The van der Waals surface area contributed by atoms with Crippen molar-refractivity contribution < 1.29 is 21.6 Å². The van der Waals surface area contributed by atoms with Crippen molar-refractivity contribution in [1.29, 1.82) is 0 Å². The van der Waals surface area contributed by atoms with Crippen LogP contribution < -0.4 is 5.32 Å². The Morgan fingerprint density at radius 1 is 1.17 bits per heavy atom. The molecule has 2 rings (SSSR count). The zero-order valence-electron chi connectivity index (χ0n) is 9.37. The second-order valence-electron chi connectivity index (χ2n) is 4.28. The van der Waals surface area contributed by atoms with Crippen molar-refractivity contribution in [3.63, 3.8) is 0 Å². The average Bonchev–Trinajstić information content (AvgIpc) is 2.12. The topological polar surface area (TPSA) is 46.2 Å². The van der Waals surface area contributed by atoms with Crippen molar-refractivity contribution in [3.05, 3.63) is 35.4 Å². The molecule has 0 radical (unpaired) electrons. The van der Waals surface area contributed by atoms with Crippen molar-refractivity contribution in [2.75, 3.05) is 13.1 Å². The SMILES string of the molecule is O=S(=O)(Cc1ccc(C(F)(F)F)cc1)C1CNC1. The third kappa shape index (κ3) is 2.84. The Kier molecular flexibility index (Phi) is 3.37. The van der Waals surface area contributed by atoms with E-state index in [-0.39, 0.29) is 5.75 Å². The Bertz CT molecular complexity index is 518. The lowest BCUT2D eigenvalue weighted by Crippen LogP contribution is -2.51. The van der Waals surface area contributed by atoms with Crippen LogP contribution in [-0.4, -0.2) is 26.8 Å². The second kappa shape index (κ2) is 4.55. The van der Waals surface area contributed by atoms with Crippen LogP contribution in [0.5, 0.6) is 0 Å². The van der Waals surface area contributed by atoms with Crippen LogP contribution >= 0.6 is 0 Å². The maximum absolute atomic E-state index is 12.3. The van der Waals surface area contributed by atoms with Gasteiger partial charge in [0, 0.05) is 13.1 Å². The summed E-state index contributed by atoms with van der Waals surface area (Å²) in [6.07, 6.45) is -4.39. The first-order valence-electron chi connectivity index (χ1n) is 5.37. The van der Waals surface area contributed by atoms with Gasteiger partial charge in [0.05, 0.1) is 16.6 Å². The first-order valence-corrected chi connectivity index (χ1v) is 7.09. The van der Waals surface area contributed by atoms with Gasteiger partial charge < -0.3 is 5.32 Å². The summed E-state index contributed by atoms with van der Waals surface area (Å²) in [4.78, 5) is 0. The molecule has 7 heteroatoms. The highest BCUT2D eigenvalue weighted by atomic mass is 32.2. The van der Waals surface area contributed by atoms with Crippen LogP contribution in [0, 0.1) is 0 Å². The van der Waals surface area contributed by atoms with Gasteiger partial charge in [-0.25, -0.2) is 8.42 Å².